The van der Waals surface area contributed by atoms with Crippen molar-refractivity contribution in [3.05, 3.63) is 36.7 Å². The molecule has 1 aliphatic heterocycles. The number of carbonyl (C=O) groups is 1. The Morgan fingerprint density at radius 2 is 2.03 bits per heavy atom. The van der Waals surface area contributed by atoms with E-state index in [1.807, 2.05) is 0 Å². The normalized spacial score (nSPS) is 25.5. The molecule has 2 aromatic heterocycles. The summed E-state index contributed by atoms with van der Waals surface area (Å²) in [5.41, 5.74) is 11.7. The maximum Gasteiger partial charge on any atom is 0.323 e. The number of nitrogens with one attached hydrogen (secondary N) is 1. The molecule has 1 saturated heterocycles. The molecule has 0 amide bonds. The average molecular weight is 604 g/mol. The molecule has 4 rings (SSSR count). The van der Waals surface area contributed by atoms with E-state index in [0.29, 0.717) is 5.75 Å². The van der Waals surface area contributed by atoms with Crippen molar-refractivity contribution < 1.29 is 32.8 Å². The number of aromatic nitrogens is 4. The molecule has 0 aliphatic carbocycles. The number of nitrogen functional groups attached to an aromatic ring is 2. The Morgan fingerprint density at radius 1 is 1.33 bits per heavy atom. The highest BCUT2D eigenvalue weighted by Gasteiger charge is 2.58. The lowest BCUT2D eigenvalue weighted by atomic mass is 10.1. The van der Waals surface area contributed by atoms with E-state index < -0.39 is 48.8 Å². The summed E-state index contributed by atoms with van der Waals surface area (Å²) in [4.78, 5) is 24.4. The smallest absolute Gasteiger partial charge is 0.323 e. The number of hydrogen-bond donors (Lipinski definition) is 4. The largest absolute Gasteiger partial charge is 0.462 e. The van der Waals surface area contributed by atoms with E-state index in [0.717, 1.165) is 4.57 Å². The SMILES string of the molecule is CC(C)OC(=O)[C@H](C)N[P@@](=S)(OC[C@H]1O[C@@H](n2cnc3c(N)nc(N)nc32)[C@](F)(Cl)[C@@H]1O)Oc1ccccc1. The number of aliphatic hydroxyl groups is 1. The number of ether oxygens (including phenoxy) is 2. The second-order valence-corrected chi connectivity index (χ2v) is 12.7. The lowest BCUT2D eigenvalue weighted by molar-refractivity contribution is -0.149. The zero-order chi connectivity index (χ0) is 28.5. The topological polar surface area (TPSA) is 182 Å². The van der Waals surface area contributed by atoms with Crippen LogP contribution in [0.2, 0.25) is 0 Å². The number of aliphatic hydroxyl groups excluding tert-OH is 1. The van der Waals surface area contributed by atoms with E-state index in [4.69, 9.17) is 53.4 Å². The van der Waals surface area contributed by atoms with Crippen molar-refractivity contribution in [1.29, 1.82) is 0 Å². The van der Waals surface area contributed by atoms with E-state index in [1.54, 1.807) is 44.2 Å². The number of benzene rings is 1. The Kier molecular flexibility index (Phi) is 8.61. The maximum absolute atomic E-state index is 15.7. The quantitative estimate of drug-likeness (QED) is 0.151. The standard InChI is InChI=1S/C22H28ClFN7O6PS/c1-11(2)35-19(33)12(3)30-38(39,37-13-7-5-4-6-8-13)34-9-14-16(32)22(23,24)20(36-14)31-10-27-15-17(25)28-21(26)29-18(15)31/h4-8,10-12,14,16,20,32H,9H2,1-3H3,(H,30,39)(H4,25,26,28,29)/t12-,14+,16+,20+,22-,38+/m0/s1. The van der Waals surface area contributed by atoms with Gasteiger partial charge >= 0.3 is 12.6 Å². The molecule has 0 bridgehead atoms. The summed E-state index contributed by atoms with van der Waals surface area (Å²) in [6, 6.07) is 7.62. The maximum atomic E-state index is 15.7. The van der Waals surface area contributed by atoms with E-state index in [9.17, 15) is 9.90 Å². The molecule has 0 spiro atoms. The van der Waals surface area contributed by atoms with E-state index in [-0.39, 0.29) is 29.0 Å². The Morgan fingerprint density at radius 3 is 2.69 bits per heavy atom. The zero-order valence-electron chi connectivity index (χ0n) is 21.1. The fraction of sp³-hybridized carbons (Fsp3) is 0.455. The van der Waals surface area contributed by atoms with Crippen molar-refractivity contribution in [3.8, 4) is 5.75 Å². The molecule has 6 atom stereocenters. The molecule has 1 fully saturated rings. The number of anilines is 2. The molecule has 3 heterocycles. The average Bonchev–Trinajstić information content (AvgIpc) is 3.36. The number of halogens is 2. The first-order valence-corrected chi connectivity index (χ1v) is 14.8. The van der Waals surface area contributed by atoms with Gasteiger partial charge in [-0.1, -0.05) is 29.8 Å². The number of carbonyl (C=O) groups excluding carboxylic acids is 1. The predicted octanol–water partition coefficient (Wildman–Crippen LogP) is 2.40. The zero-order valence-corrected chi connectivity index (χ0v) is 23.6. The number of para-hydroxylation sites is 1. The van der Waals surface area contributed by atoms with Gasteiger partial charge in [0.05, 0.1) is 19.0 Å². The van der Waals surface area contributed by atoms with Crippen molar-refractivity contribution >= 4 is 58.9 Å². The fourth-order valence-corrected chi connectivity index (χ4v) is 6.45. The van der Waals surface area contributed by atoms with Gasteiger partial charge in [0.1, 0.15) is 29.5 Å². The predicted molar refractivity (Wildman–Crippen MR) is 145 cm³/mol. The summed E-state index contributed by atoms with van der Waals surface area (Å²) in [7, 11) is 0. The molecule has 0 radical (unpaired) electrons. The van der Waals surface area contributed by atoms with Crippen molar-refractivity contribution in [2.75, 3.05) is 18.1 Å². The Labute approximate surface area is 233 Å². The van der Waals surface area contributed by atoms with Crippen molar-refractivity contribution in [3.63, 3.8) is 0 Å². The summed E-state index contributed by atoms with van der Waals surface area (Å²) >= 11 is 11.8. The van der Waals surface area contributed by atoms with Crippen molar-refractivity contribution in [2.24, 2.45) is 0 Å². The van der Waals surface area contributed by atoms with Crippen LogP contribution in [0, 0.1) is 0 Å². The number of alkyl halides is 2. The first-order valence-electron chi connectivity index (χ1n) is 11.7. The Hall–Kier alpha value is -2.65. The van der Waals surface area contributed by atoms with Crippen LogP contribution in [0.5, 0.6) is 5.75 Å². The second-order valence-electron chi connectivity index (χ2n) is 8.97. The highest BCUT2D eigenvalue weighted by molar-refractivity contribution is 8.09. The van der Waals surface area contributed by atoms with Gasteiger partial charge in [-0.05, 0) is 44.7 Å². The summed E-state index contributed by atoms with van der Waals surface area (Å²) in [5, 5.41) is 10.8. The molecule has 3 aromatic rings. The molecule has 1 aliphatic rings. The van der Waals surface area contributed by atoms with Gasteiger partial charge in [-0.25, -0.2) is 14.5 Å². The number of esters is 1. The third-order valence-corrected chi connectivity index (χ3v) is 8.44. The van der Waals surface area contributed by atoms with Gasteiger partial charge in [0, 0.05) is 0 Å². The second kappa shape index (κ2) is 11.5. The van der Waals surface area contributed by atoms with Gasteiger partial charge < -0.3 is 35.1 Å². The molecule has 39 heavy (non-hydrogen) atoms. The molecule has 17 heteroatoms. The summed E-state index contributed by atoms with van der Waals surface area (Å²) < 4.78 is 39.6. The lowest BCUT2D eigenvalue weighted by Crippen LogP contribution is -2.40. The first kappa shape index (κ1) is 29.3. The van der Waals surface area contributed by atoms with E-state index in [2.05, 4.69) is 20.0 Å². The van der Waals surface area contributed by atoms with Crippen LogP contribution in [0.3, 0.4) is 0 Å². The number of fused-ring (bicyclic) bond motifs is 1. The molecular weight excluding hydrogens is 576 g/mol. The fourth-order valence-electron chi connectivity index (χ4n) is 3.74. The summed E-state index contributed by atoms with van der Waals surface area (Å²) in [5.74, 6) is -0.411. The van der Waals surface area contributed by atoms with Gasteiger partial charge in [0.2, 0.25) is 5.95 Å². The van der Waals surface area contributed by atoms with Gasteiger partial charge in [0.25, 0.3) is 5.13 Å². The minimum Gasteiger partial charge on any atom is -0.462 e. The molecular formula is C22H28ClFN7O6PS. The minimum absolute atomic E-state index is 0.0244. The third-order valence-electron chi connectivity index (χ3n) is 5.53. The third kappa shape index (κ3) is 6.40. The number of imidazole rings is 1. The van der Waals surface area contributed by atoms with Crippen LogP contribution in [-0.4, -0.2) is 66.7 Å². The monoisotopic (exact) mass is 603 g/mol. The molecule has 6 N–H and O–H groups in total. The Balaban J connectivity index is 1.55. The van der Waals surface area contributed by atoms with E-state index >= 15 is 4.39 Å². The summed E-state index contributed by atoms with van der Waals surface area (Å²) in [6.45, 7) is 1.01. The number of nitrogens with two attached hydrogens (primary N) is 2. The molecule has 0 saturated carbocycles. The molecule has 212 valence electrons. The van der Waals surface area contributed by atoms with Gasteiger partial charge in [-0.2, -0.15) is 9.97 Å². The van der Waals surface area contributed by atoms with Gasteiger partial charge in [0.15, 0.2) is 17.7 Å². The molecule has 13 nitrogen and oxygen atoms in total. The first-order chi connectivity index (χ1) is 18.3. The lowest BCUT2D eigenvalue weighted by Gasteiger charge is -2.28. The van der Waals surface area contributed by atoms with Crippen LogP contribution in [0.1, 0.15) is 27.0 Å². The van der Waals surface area contributed by atoms with E-state index in [1.165, 1.54) is 13.3 Å². The highest BCUT2D eigenvalue weighted by Crippen LogP contribution is 2.49. The number of nitrogens with zero attached hydrogens (tertiary/aromatic N) is 4. The minimum atomic E-state index is -3.49. The van der Waals surface area contributed by atoms with Gasteiger partial charge in [-0.15, -0.1) is 0 Å². The van der Waals surface area contributed by atoms with Crippen LogP contribution in [0.4, 0.5) is 16.2 Å². The van der Waals surface area contributed by atoms with Crippen LogP contribution >= 0.6 is 18.2 Å². The number of rotatable bonds is 10. The Bertz CT molecular complexity index is 1380. The van der Waals surface area contributed by atoms with Crippen molar-refractivity contribution in [2.45, 2.75) is 56.5 Å². The van der Waals surface area contributed by atoms with Crippen LogP contribution in [-0.2, 0) is 30.6 Å². The van der Waals surface area contributed by atoms with Gasteiger partial charge in [-0.3, -0.25) is 9.36 Å². The van der Waals surface area contributed by atoms with Crippen LogP contribution in [0.15, 0.2) is 36.7 Å². The molecule has 0 unspecified atom stereocenters. The number of hydrogen-bond acceptors (Lipinski definition) is 12. The van der Waals surface area contributed by atoms with Crippen LogP contribution in [0.25, 0.3) is 11.2 Å². The highest BCUT2D eigenvalue weighted by atomic mass is 35.5. The molecule has 1 aromatic carbocycles. The van der Waals surface area contributed by atoms with Crippen molar-refractivity contribution in [1.82, 2.24) is 24.6 Å². The summed E-state index contributed by atoms with van der Waals surface area (Å²) in [6.07, 6.45) is -3.94. The van der Waals surface area contributed by atoms with Crippen LogP contribution < -0.4 is 21.1 Å².